The molecule has 2 aliphatic rings. The van der Waals surface area contributed by atoms with Crippen LogP contribution in [0.2, 0.25) is 0 Å². The molecular weight excluding hydrogens is 389 g/mol. The van der Waals surface area contributed by atoms with Crippen LogP contribution in [0.1, 0.15) is 35.6 Å². The van der Waals surface area contributed by atoms with E-state index in [2.05, 4.69) is 15.2 Å². The third-order valence-electron chi connectivity index (χ3n) is 5.58. The topological polar surface area (TPSA) is 86.3 Å². The Bertz CT molecular complexity index is 1040. The van der Waals surface area contributed by atoms with E-state index < -0.39 is 0 Å². The summed E-state index contributed by atoms with van der Waals surface area (Å²) in [4.78, 5) is 19.1. The van der Waals surface area contributed by atoms with Crippen molar-refractivity contribution in [2.75, 3.05) is 19.7 Å². The summed E-state index contributed by atoms with van der Waals surface area (Å²) in [5, 5.41) is 8.32. The van der Waals surface area contributed by atoms with E-state index in [0.29, 0.717) is 49.1 Å². The lowest BCUT2D eigenvalue weighted by molar-refractivity contribution is 0.0661. The zero-order valence-corrected chi connectivity index (χ0v) is 16.5. The number of benzene rings is 1. The number of halogens is 1. The third kappa shape index (κ3) is 3.67. The summed E-state index contributed by atoms with van der Waals surface area (Å²) >= 11 is 0. The zero-order valence-electron chi connectivity index (χ0n) is 16.5. The van der Waals surface area contributed by atoms with Crippen molar-refractivity contribution in [3.05, 3.63) is 47.7 Å². The number of carbonyl (C=O) groups excluding carboxylic acids is 1. The van der Waals surface area contributed by atoms with Gasteiger partial charge in [0.2, 0.25) is 17.6 Å². The number of nitrogens with zero attached hydrogens (tertiary/aromatic N) is 5. The quantitative estimate of drug-likeness (QED) is 0.656. The van der Waals surface area contributed by atoms with Crippen LogP contribution in [-0.2, 0) is 13.0 Å². The standard InChI is InChI=1S/C21H22FN5O3/c22-16-7-2-1-6-15(16)20-23-18(30-25-20)11-14-5-3-8-26(13-14)21(28)17-12-19-27(24-17)9-4-10-29-19/h1-2,6-7,12,14H,3-5,8-11,13H2/t14-/m0/s1. The Morgan fingerprint density at radius 3 is 3.00 bits per heavy atom. The van der Waals surface area contributed by atoms with E-state index in [1.165, 1.54) is 6.07 Å². The second-order valence-electron chi connectivity index (χ2n) is 7.75. The summed E-state index contributed by atoms with van der Waals surface area (Å²) in [6.07, 6.45) is 3.31. The van der Waals surface area contributed by atoms with Crippen LogP contribution in [0.4, 0.5) is 4.39 Å². The minimum absolute atomic E-state index is 0.0808. The lowest BCUT2D eigenvalue weighted by Gasteiger charge is -2.31. The lowest BCUT2D eigenvalue weighted by Crippen LogP contribution is -2.40. The van der Waals surface area contributed by atoms with Crippen molar-refractivity contribution in [1.82, 2.24) is 24.8 Å². The van der Waals surface area contributed by atoms with Gasteiger partial charge in [-0.15, -0.1) is 0 Å². The van der Waals surface area contributed by atoms with Crippen molar-refractivity contribution >= 4 is 5.91 Å². The number of carbonyl (C=O) groups is 1. The van der Waals surface area contributed by atoms with Crippen LogP contribution in [0, 0.1) is 11.7 Å². The molecule has 0 aliphatic carbocycles. The van der Waals surface area contributed by atoms with Gasteiger partial charge in [-0.05, 0) is 30.9 Å². The summed E-state index contributed by atoms with van der Waals surface area (Å²) in [7, 11) is 0. The Labute approximate surface area is 172 Å². The highest BCUT2D eigenvalue weighted by Gasteiger charge is 2.28. The minimum Gasteiger partial charge on any atom is -0.478 e. The van der Waals surface area contributed by atoms with Crippen molar-refractivity contribution in [1.29, 1.82) is 0 Å². The molecule has 8 nitrogen and oxygen atoms in total. The third-order valence-corrected chi connectivity index (χ3v) is 5.58. The summed E-state index contributed by atoms with van der Waals surface area (Å²) < 4.78 is 26.6. The van der Waals surface area contributed by atoms with Gasteiger partial charge in [-0.3, -0.25) is 4.79 Å². The number of hydrogen-bond donors (Lipinski definition) is 0. The number of amides is 1. The maximum atomic E-state index is 13.9. The highest BCUT2D eigenvalue weighted by molar-refractivity contribution is 5.92. The molecule has 1 amide bonds. The Morgan fingerprint density at radius 2 is 2.13 bits per heavy atom. The van der Waals surface area contributed by atoms with Crippen molar-refractivity contribution in [3.63, 3.8) is 0 Å². The van der Waals surface area contributed by atoms with E-state index in [1.54, 1.807) is 28.9 Å². The fourth-order valence-corrected chi connectivity index (χ4v) is 4.09. The van der Waals surface area contributed by atoms with E-state index in [9.17, 15) is 9.18 Å². The maximum Gasteiger partial charge on any atom is 0.274 e. The van der Waals surface area contributed by atoms with Crippen molar-refractivity contribution in [3.8, 4) is 17.3 Å². The summed E-state index contributed by atoms with van der Waals surface area (Å²) in [5.41, 5.74) is 0.742. The first-order valence-corrected chi connectivity index (χ1v) is 10.2. The fourth-order valence-electron chi connectivity index (χ4n) is 4.09. The number of likely N-dealkylation sites (tertiary alicyclic amines) is 1. The molecule has 1 fully saturated rings. The van der Waals surface area contributed by atoms with Crippen LogP contribution in [0.3, 0.4) is 0 Å². The molecule has 0 unspecified atom stereocenters. The number of ether oxygens (including phenoxy) is 1. The normalized spacial score (nSPS) is 18.7. The molecule has 0 radical (unpaired) electrons. The molecule has 2 aliphatic heterocycles. The van der Waals surface area contributed by atoms with Crippen molar-refractivity contribution in [2.24, 2.45) is 5.92 Å². The predicted molar refractivity (Wildman–Crippen MR) is 104 cm³/mol. The summed E-state index contributed by atoms with van der Waals surface area (Å²) in [5.74, 6) is 1.09. The average molecular weight is 411 g/mol. The minimum atomic E-state index is -0.383. The summed E-state index contributed by atoms with van der Waals surface area (Å²) in [6, 6.07) is 8.08. The van der Waals surface area contributed by atoms with Crippen LogP contribution >= 0.6 is 0 Å². The first kappa shape index (κ1) is 18.8. The van der Waals surface area contributed by atoms with Gasteiger partial charge in [-0.25, -0.2) is 9.07 Å². The molecule has 156 valence electrons. The molecule has 4 heterocycles. The number of fused-ring (bicyclic) bond motifs is 1. The molecule has 30 heavy (non-hydrogen) atoms. The molecule has 0 saturated carbocycles. The molecule has 1 saturated heterocycles. The van der Waals surface area contributed by atoms with Gasteiger partial charge in [0.25, 0.3) is 5.91 Å². The Balaban J connectivity index is 1.25. The zero-order chi connectivity index (χ0) is 20.5. The highest BCUT2D eigenvalue weighted by atomic mass is 19.1. The average Bonchev–Trinajstić information content (AvgIpc) is 3.41. The van der Waals surface area contributed by atoms with E-state index in [4.69, 9.17) is 9.26 Å². The van der Waals surface area contributed by atoms with E-state index in [0.717, 1.165) is 25.8 Å². The van der Waals surface area contributed by atoms with Crippen LogP contribution < -0.4 is 4.74 Å². The SMILES string of the molecule is O=C(c1cc2n(n1)CCCO2)N1CCC[C@@H](Cc2nc(-c3ccccc3F)no2)C1. The monoisotopic (exact) mass is 411 g/mol. The number of aromatic nitrogens is 4. The van der Waals surface area contributed by atoms with Gasteiger partial charge in [0.05, 0.1) is 12.2 Å². The molecule has 0 bridgehead atoms. The fraction of sp³-hybridized carbons (Fsp3) is 0.429. The molecule has 0 N–H and O–H groups in total. The van der Waals surface area contributed by atoms with Crippen molar-refractivity contribution in [2.45, 2.75) is 32.2 Å². The second kappa shape index (κ2) is 7.89. The van der Waals surface area contributed by atoms with Crippen LogP contribution in [0.5, 0.6) is 5.88 Å². The van der Waals surface area contributed by atoms with E-state index in [1.807, 2.05) is 4.90 Å². The Hall–Kier alpha value is -3.23. The Morgan fingerprint density at radius 1 is 1.23 bits per heavy atom. The van der Waals surface area contributed by atoms with E-state index >= 15 is 0 Å². The lowest BCUT2D eigenvalue weighted by atomic mass is 9.94. The molecule has 5 rings (SSSR count). The van der Waals surface area contributed by atoms with Gasteiger partial charge < -0.3 is 14.2 Å². The molecule has 9 heteroatoms. The highest BCUT2D eigenvalue weighted by Crippen LogP contribution is 2.25. The molecule has 3 aromatic rings. The maximum absolute atomic E-state index is 13.9. The van der Waals surface area contributed by atoms with Gasteiger partial charge in [-0.1, -0.05) is 17.3 Å². The first-order valence-electron chi connectivity index (χ1n) is 10.2. The number of piperidine rings is 1. The molecule has 1 aromatic carbocycles. The molecular formula is C21H22FN5O3. The number of aryl methyl sites for hydroxylation is 1. The largest absolute Gasteiger partial charge is 0.478 e. The number of rotatable bonds is 4. The van der Waals surface area contributed by atoms with Crippen molar-refractivity contribution < 1.29 is 18.4 Å². The first-order chi connectivity index (χ1) is 14.7. The second-order valence-corrected chi connectivity index (χ2v) is 7.75. The molecule has 0 spiro atoms. The van der Waals surface area contributed by atoms with Gasteiger partial charge in [0.15, 0.2) is 5.69 Å². The van der Waals surface area contributed by atoms with E-state index in [-0.39, 0.29) is 23.5 Å². The summed E-state index contributed by atoms with van der Waals surface area (Å²) in [6.45, 7) is 2.72. The number of hydrogen-bond acceptors (Lipinski definition) is 6. The molecule has 2 aromatic heterocycles. The van der Waals surface area contributed by atoms with Gasteiger partial charge in [0, 0.05) is 38.5 Å². The van der Waals surface area contributed by atoms with Gasteiger partial charge in [0.1, 0.15) is 5.82 Å². The Kier molecular flexibility index (Phi) is 4.94. The van der Waals surface area contributed by atoms with Crippen LogP contribution in [0.25, 0.3) is 11.4 Å². The van der Waals surface area contributed by atoms with Crippen LogP contribution in [0.15, 0.2) is 34.9 Å². The predicted octanol–water partition coefficient (Wildman–Crippen LogP) is 2.95. The van der Waals surface area contributed by atoms with Crippen LogP contribution in [-0.4, -0.2) is 50.4 Å². The van der Waals surface area contributed by atoms with Gasteiger partial charge in [-0.2, -0.15) is 10.1 Å². The van der Waals surface area contributed by atoms with Gasteiger partial charge >= 0.3 is 0 Å². The smallest absolute Gasteiger partial charge is 0.274 e. The molecule has 1 atom stereocenters.